The zero-order valence-electron chi connectivity index (χ0n) is 61.0. The van der Waals surface area contributed by atoms with E-state index in [0.717, 1.165) is 127 Å². The van der Waals surface area contributed by atoms with Crippen LogP contribution in [0.3, 0.4) is 0 Å². The van der Waals surface area contributed by atoms with Crippen molar-refractivity contribution < 1.29 is 26.3 Å². The predicted octanol–water partition coefficient (Wildman–Crippen LogP) is 29.4. The van der Waals surface area contributed by atoms with E-state index in [9.17, 15) is 0 Å². The Labute approximate surface area is 653 Å². The lowest BCUT2D eigenvalue weighted by Gasteiger charge is -2.38. The highest BCUT2D eigenvalue weighted by Gasteiger charge is 2.72. The molecule has 0 radical (unpaired) electrons. The van der Waals surface area contributed by atoms with Crippen LogP contribution in [0, 0.1) is 0 Å². The molecule has 0 aliphatic rings. The molecule has 0 heterocycles. The molecule has 16 aromatic carbocycles. The fraction of sp³-hybridized carbons (Fsp3) is 0.0303. The Hall–Kier alpha value is -14.5. The van der Waals surface area contributed by atoms with E-state index < -0.39 is 28.9 Å². The van der Waals surface area contributed by atoms with Gasteiger partial charge in [-0.15, -0.1) is 0 Å². The van der Waals surface area contributed by atoms with E-state index in [2.05, 4.69) is 234 Å². The van der Waals surface area contributed by atoms with Crippen molar-refractivity contribution in [3.05, 3.63) is 448 Å². The Morgan fingerprint density at radius 3 is 0.389 bits per heavy atom. The molecule has 0 spiro atoms. The molecule has 0 atom stereocenters. The van der Waals surface area contributed by atoms with Crippen LogP contribution in [0.4, 0.5) is 151 Å². The minimum Gasteiger partial charge on any atom is -0.356 e. The first-order valence-corrected chi connectivity index (χ1v) is 37.0. The Kier molecular flexibility index (Phi) is 20.8. The van der Waals surface area contributed by atoms with Gasteiger partial charge >= 0.3 is 12.4 Å². The molecule has 552 valence electrons. The second kappa shape index (κ2) is 32.4. The first-order chi connectivity index (χ1) is 55.3. The lowest BCUT2D eigenvalue weighted by Crippen LogP contribution is -2.54. The molecule has 16 aromatic rings. The zero-order chi connectivity index (χ0) is 77.1. The molecular formula is C99H74F6N8. The summed E-state index contributed by atoms with van der Waals surface area (Å²) in [5, 5.41) is 6.46. The number of benzene rings is 16. The number of anilines is 22. The highest BCUT2D eigenvalue weighted by molar-refractivity contribution is 5.87. The van der Waals surface area contributed by atoms with E-state index in [1.165, 1.54) is 24.3 Å². The molecule has 0 aromatic heterocycles. The van der Waals surface area contributed by atoms with Gasteiger partial charge in [0.25, 0.3) is 0 Å². The summed E-state index contributed by atoms with van der Waals surface area (Å²) in [7, 11) is 0. The predicted molar refractivity (Wildman–Crippen MR) is 453 cm³/mol. The maximum Gasteiger partial charge on any atom is 0.411 e. The van der Waals surface area contributed by atoms with Gasteiger partial charge in [0.2, 0.25) is 5.41 Å². The van der Waals surface area contributed by atoms with Crippen LogP contribution >= 0.6 is 0 Å². The summed E-state index contributed by atoms with van der Waals surface area (Å²) in [4.78, 5) is 13.0. The second-order valence-corrected chi connectivity index (χ2v) is 27.0. The van der Waals surface area contributed by atoms with Gasteiger partial charge in [0.1, 0.15) is 0 Å². The molecule has 8 nitrogen and oxygen atoms in total. The molecule has 0 fully saturated rings. The Morgan fingerprint density at radius 2 is 0.257 bits per heavy atom. The maximum absolute atomic E-state index is 15.9. The molecule has 0 amide bonds. The normalized spacial score (nSPS) is 11.5. The largest absolute Gasteiger partial charge is 0.411 e. The fourth-order valence-electron chi connectivity index (χ4n) is 14.6. The fourth-order valence-corrected chi connectivity index (χ4v) is 14.6. The summed E-state index contributed by atoms with van der Waals surface area (Å²) in [6.45, 7) is 0. The smallest absolute Gasteiger partial charge is 0.356 e. The monoisotopic (exact) mass is 1490 g/mol. The van der Waals surface area contributed by atoms with Crippen LogP contribution in [-0.2, 0) is 5.41 Å². The third kappa shape index (κ3) is 15.5. The van der Waals surface area contributed by atoms with E-state index in [1.54, 1.807) is 0 Å². The lowest BCUT2D eigenvalue weighted by atomic mass is 9.73. The van der Waals surface area contributed by atoms with E-state index in [4.69, 9.17) is 0 Å². The Bertz CT molecular complexity index is 4940. The first kappa shape index (κ1) is 72.7. The third-order valence-corrected chi connectivity index (χ3v) is 19.9. The first-order valence-electron chi connectivity index (χ1n) is 37.0. The quantitative estimate of drug-likeness (QED) is 0.0580. The molecule has 0 unspecified atom stereocenters. The standard InChI is InChI=1S/C99H74F6N8/c100-98(101,102)97(99(103,104)105,73-41-45-75(46-42-73)106-77-49-53-87(54-50-77)112(93-65-57-89(58-66-93)108(79-25-9-1-10-26-79)80-27-11-2-12-28-80)94-67-59-90(60-68-94)109(81-29-13-3-14-30-81)82-31-15-4-16-32-82)74-43-47-76(48-44-74)107-78-51-55-88(56-52-78)113(95-69-61-91(62-70-95)110(83-33-17-5-18-34-83)84-35-19-6-20-36-84)96-71-63-92(64-72-96)111(85-37-21-7-22-38-85)86-39-23-8-24-40-86/h1-72,106-107H. The van der Waals surface area contributed by atoms with E-state index in [1.807, 2.05) is 194 Å². The minimum absolute atomic E-state index is 0.276. The molecule has 0 bridgehead atoms. The van der Waals surface area contributed by atoms with Gasteiger partial charge in [-0.05, 0) is 278 Å². The van der Waals surface area contributed by atoms with Crippen LogP contribution in [0.1, 0.15) is 11.1 Å². The van der Waals surface area contributed by atoms with Crippen molar-refractivity contribution >= 4 is 125 Å². The van der Waals surface area contributed by atoms with Crippen molar-refractivity contribution in [2.45, 2.75) is 17.8 Å². The van der Waals surface area contributed by atoms with Gasteiger partial charge in [-0.3, -0.25) is 0 Å². The number of hydrogen-bond donors (Lipinski definition) is 2. The zero-order valence-corrected chi connectivity index (χ0v) is 61.0. The number of nitrogens with one attached hydrogen (secondary N) is 2. The van der Waals surface area contributed by atoms with Gasteiger partial charge in [0.15, 0.2) is 0 Å². The van der Waals surface area contributed by atoms with Gasteiger partial charge in [-0.1, -0.05) is 170 Å². The van der Waals surface area contributed by atoms with E-state index >= 15 is 26.3 Å². The van der Waals surface area contributed by atoms with Crippen molar-refractivity contribution in [1.82, 2.24) is 0 Å². The highest BCUT2D eigenvalue weighted by Crippen LogP contribution is 2.57. The van der Waals surface area contributed by atoms with Crippen molar-refractivity contribution in [3.8, 4) is 0 Å². The summed E-state index contributed by atoms with van der Waals surface area (Å²) in [6, 6.07) is 138. The summed E-state index contributed by atoms with van der Waals surface area (Å²) in [5.74, 6) is 0. The molecule has 0 aliphatic heterocycles. The maximum atomic E-state index is 15.9. The molecule has 16 rings (SSSR count). The number of rotatable bonds is 24. The van der Waals surface area contributed by atoms with Crippen molar-refractivity contribution in [2.24, 2.45) is 0 Å². The summed E-state index contributed by atoms with van der Waals surface area (Å²) in [5.41, 5.74) is 11.9. The number of halogens is 6. The van der Waals surface area contributed by atoms with Crippen LogP contribution in [0.2, 0.25) is 0 Å². The molecule has 113 heavy (non-hydrogen) atoms. The van der Waals surface area contributed by atoms with Gasteiger partial charge in [-0.2, -0.15) is 26.3 Å². The van der Waals surface area contributed by atoms with Crippen LogP contribution in [-0.4, -0.2) is 12.4 Å². The van der Waals surface area contributed by atoms with Crippen LogP contribution in [0.15, 0.2) is 437 Å². The average molecular weight is 1490 g/mol. The molecule has 0 saturated carbocycles. The van der Waals surface area contributed by atoms with Crippen LogP contribution in [0.5, 0.6) is 0 Å². The van der Waals surface area contributed by atoms with Gasteiger partial charge in [0, 0.05) is 125 Å². The van der Waals surface area contributed by atoms with Gasteiger partial charge in [0.05, 0.1) is 0 Å². The van der Waals surface area contributed by atoms with E-state index in [-0.39, 0.29) is 11.4 Å². The Morgan fingerprint density at radius 1 is 0.142 bits per heavy atom. The highest BCUT2D eigenvalue weighted by atomic mass is 19.4. The molecular weight excluding hydrogens is 1420 g/mol. The molecule has 2 N–H and O–H groups in total. The van der Waals surface area contributed by atoms with Gasteiger partial charge < -0.3 is 40.0 Å². The number of hydrogen-bond acceptors (Lipinski definition) is 8. The van der Waals surface area contributed by atoms with Crippen molar-refractivity contribution in [1.29, 1.82) is 0 Å². The molecule has 14 heteroatoms. The third-order valence-electron chi connectivity index (χ3n) is 19.9. The average Bonchev–Trinajstić information content (AvgIpc) is 0.714. The number of nitrogens with zero attached hydrogens (tertiary/aromatic N) is 6. The van der Waals surface area contributed by atoms with Gasteiger partial charge in [-0.25, -0.2) is 0 Å². The summed E-state index contributed by atoms with van der Waals surface area (Å²) in [6.07, 6.45) is -11.6. The number of alkyl halides is 6. The van der Waals surface area contributed by atoms with Crippen molar-refractivity contribution in [3.63, 3.8) is 0 Å². The summed E-state index contributed by atoms with van der Waals surface area (Å²) >= 11 is 0. The van der Waals surface area contributed by atoms with Crippen LogP contribution < -0.4 is 40.0 Å². The summed E-state index contributed by atoms with van der Waals surface area (Å²) < 4.78 is 95.1. The molecule has 0 saturated heterocycles. The second-order valence-electron chi connectivity index (χ2n) is 27.0. The Balaban J connectivity index is 0.664. The van der Waals surface area contributed by atoms with E-state index in [0.29, 0.717) is 11.4 Å². The topological polar surface area (TPSA) is 43.5 Å². The molecule has 0 aliphatic carbocycles. The van der Waals surface area contributed by atoms with Crippen LogP contribution in [0.25, 0.3) is 0 Å². The SMILES string of the molecule is FC(F)(F)C(c1ccc(Nc2ccc(N(c3ccc(N(c4ccccc4)c4ccccc4)cc3)c3ccc(N(c4ccccc4)c4ccccc4)cc3)cc2)cc1)(c1ccc(Nc2ccc(N(c3ccc(N(c4ccccc4)c4ccccc4)cc3)c3ccc(N(c4ccccc4)c4ccccc4)cc3)cc2)cc1)C(F)(F)F. The number of para-hydroxylation sites is 8. The lowest BCUT2D eigenvalue weighted by molar-refractivity contribution is -0.288. The minimum atomic E-state index is -5.82. The van der Waals surface area contributed by atoms with Crippen molar-refractivity contribution in [2.75, 3.05) is 40.0 Å².